The number of aliphatic carboxylic acids is 1. The van der Waals surface area contributed by atoms with Crippen LogP contribution in [-0.2, 0) is 20.9 Å². The molecule has 0 aliphatic carbocycles. The maximum absolute atomic E-state index is 13.7. The number of esters is 1. The maximum atomic E-state index is 13.7. The van der Waals surface area contributed by atoms with Gasteiger partial charge in [-0.05, 0) is 51.3 Å². The van der Waals surface area contributed by atoms with Gasteiger partial charge >= 0.3 is 11.9 Å². The quantitative estimate of drug-likeness (QED) is 0.320. The number of nitrogens with one attached hydrogen (secondary N) is 1. The SMILES string of the molecule is CC1=C(C(=O)O)[C@@H](c2cccc([N+](=O)[O-])c2)C(C(=O)O[C@@H]2CCCN(Cc3ccccc3)[C@@H]2C)=C(C)N1. The number of dihydropyridines is 1. The highest BCUT2D eigenvalue weighted by Crippen LogP contribution is 2.40. The van der Waals surface area contributed by atoms with Gasteiger partial charge in [0, 0.05) is 36.1 Å². The van der Waals surface area contributed by atoms with Crippen LogP contribution in [0.2, 0.25) is 0 Å². The van der Waals surface area contributed by atoms with Crippen molar-refractivity contribution in [3.05, 3.63) is 98.4 Å². The summed E-state index contributed by atoms with van der Waals surface area (Å²) in [6.07, 6.45) is 1.18. The molecule has 0 radical (unpaired) electrons. The molecular weight excluding hydrogens is 474 g/mol. The third-order valence-corrected chi connectivity index (χ3v) is 7.16. The first-order valence-electron chi connectivity index (χ1n) is 12.3. The zero-order valence-corrected chi connectivity index (χ0v) is 21.1. The maximum Gasteiger partial charge on any atom is 0.337 e. The molecule has 2 aliphatic heterocycles. The molecule has 2 N–H and O–H groups in total. The highest BCUT2D eigenvalue weighted by molar-refractivity contribution is 5.99. The highest BCUT2D eigenvalue weighted by Gasteiger charge is 2.40. The average molecular weight is 506 g/mol. The predicted molar refractivity (Wildman–Crippen MR) is 137 cm³/mol. The second-order valence-electron chi connectivity index (χ2n) is 9.58. The second kappa shape index (κ2) is 11.0. The van der Waals surface area contributed by atoms with Gasteiger partial charge in [-0.3, -0.25) is 15.0 Å². The van der Waals surface area contributed by atoms with Crippen molar-refractivity contribution in [1.29, 1.82) is 0 Å². The molecule has 194 valence electrons. The molecule has 2 aromatic carbocycles. The third kappa shape index (κ3) is 5.56. The Morgan fingerprint density at radius 1 is 1.11 bits per heavy atom. The number of piperidine rings is 1. The molecule has 1 saturated heterocycles. The number of carbonyl (C=O) groups is 2. The van der Waals surface area contributed by atoms with Crippen LogP contribution in [0.5, 0.6) is 0 Å². The number of non-ortho nitro benzene ring substituents is 1. The summed E-state index contributed by atoms with van der Waals surface area (Å²) in [5.74, 6) is -2.84. The summed E-state index contributed by atoms with van der Waals surface area (Å²) in [6, 6.07) is 15.8. The van der Waals surface area contributed by atoms with E-state index in [1.54, 1.807) is 19.9 Å². The van der Waals surface area contributed by atoms with Crippen LogP contribution >= 0.6 is 0 Å². The molecule has 0 spiro atoms. The Morgan fingerprint density at radius 3 is 2.49 bits per heavy atom. The van der Waals surface area contributed by atoms with Gasteiger partial charge in [0.1, 0.15) is 6.10 Å². The van der Waals surface area contributed by atoms with E-state index in [0.29, 0.717) is 23.4 Å². The number of nitro groups is 1. The van der Waals surface area contributed by atoms with E-state index in [1.807, 2.05) is 25.1 Å². The minimum Gasteiger partial charge on any atom is -0.478 e. The van der Waals surface area contributed by atoms with Crippen LogP contribution in [0.25, 0.3) is 0 Å². The fraction of sp³-hybridized carbons (Fsp3) is 0.357. The van der Waals surface area contributed by atoms with Gasteiger partial charge in [-0.1, -0.05) is 42.5 Å². The minimum atomic E-state index is -1.21. The molecule has 9 nitrogen and oxygen atoms in total. The van der Waals surface area contributed by atoms with Gasteiger partial charge < -0.3 is 15.2 Å². The van der Waals surface area contributed by atoms with Gasteiger partial charge in [0.05, 0.1) is 22.0 Å². The van der Waals surface area contributed by atoms with Gasteiger partial charge in [-0.25, -0.2) is 9.59 Å². The first-order chi connectivity index (χ1) is 17.7. The Morgan fingerprint density at radius 2 is 1.81 bits per heavy atom. The lowest BCUT2D eigenvalue weighted by Crippen LogP contribution is -2.48. The number of nitrogens with zero attached hydrogens (tertiary/aromatic N) is 2. The van der Waals surface area contributed by atoms with Crippen LogP contribution in [0, 0.1) is 10.1 Å². The Labute approximate surface area is 215 Å². The molecular formula is C28H31N3O6. The van der Waals surface area contributed by atoms with Crippen molar-refractivity contribution < 1.29 is 24.4 Å². The van der Waals surface area contributed by atoms with Crippen LogP contribution in [0.1, 0.15) is 50.7 Å². The lowest BCUT2D eigenvalue weighted by Gasteiger charge is -2.39. The Balaban J connectivity index is 1.63. The molecule has 2 heterocycles. The number of rotatable bonds is 7. The van der Waals surface area contributed by atoms with Crippen molar-refractivity contribution in [2.45, 2.75) is 58.2 Å². The molecule has 4 rings (SSSR count). The molecule has 37 heavy (non-hydrogen) atoms. The first-order valence-corrected chi connectivity index (χ1v) is 12.3. The lowest BCUT2D eigenvalue weighted by atomic mass is 9.80. The van der Waals surface area contributed by atoms with Crippen LogP contribution in [0.4, 0.5) is 5.69 Å². The Kier molecular flexibility index (Phi) is 7.73. The molecule has 9 heteroatoms. The summed E-state index contributed by atoms with van der Waals surface area (Å²) >= 11 is 0. The van der Waals surface area contributed by atoms with E-state index in [2.05, 4.69) is 22.3 Å². The third-order valence-electron chi connectivity index (χ3n) is 7.16. The molecule has 2 aromatic rings. The van der Waals surface area contributed by atoms with Crippen molar-refractivity contribution >= 4 is 17.6 Å². The standard InChI is InChI=1S/C28H31N3O6/c1-17-24(27(32)33)26(21-11-7-12-22(15-21)31(35)36)25(18(2)29-17)28(34)37-23-13-8-14-30(19(23)3)16-20-9-5-4-6-10-20/h4-7,9-12,15,19,23,26,29H,8,13-14,16H2,1-3H3,(H,32,33)/t19-,23-,26-/m1/s1. The number of hydrogen-bond acceptors (Lipinski definition) is 7. The minimum absolute atomic E-state index is 0.0390. The lowest BCUT2D eigenvalue weighted by molar-refractivity contribution is -0.384. The number of carbonyl (C=O) groups excluding carboxylic acids is 1. The second-order valence-corrected chi connectivity index (χ2v) is 9.58. The molecule has 0 unspecified atom stereocenters. The highest BCUT2D eigenvalue weighted by atomic mass is 16.6. The molecule has 0 aromatic heterocycles. The summed E-state index contributed by atoms with van der Waals surface area (Å²) in [5, 5.41) is 24.4. The summed E-state index contributed by atoms with van der Waals surface area (Å²) in [4.78, 5) is 39.1. The van der Waals surface area contributed by atoms with Crippen LogP contribution in [0.15, 0.2) is 77.1 Å². The zero-order valence-electron chi connectivity index (χ0n) is 21.1. The summed E-state index contributed by atoms with van der Waals surface area (Å²) in [7, 11) is 0. The zero-order chi connectivity index (χ0) is 26.7. The molecule has 0 amide bonds. The van der Waals surface area contributed by atoms with Crippen molar-refractivity contribution in [3.8, 4) is 0 Å². The predicted octanol–water partition coefficient (Wildman–Crippen LogP) is 4.51. The van der Waals surface area contributed by atoms with Gasteiger partial charge in [0.25, 0.3) is 5.69 Å². The van der Waals surface area contributed by atoms with Crippen LogP contribution in [0.3, 0.4) is 0 Å². The fourth-order valence-corrected chi connectivity index (χ4v) is 5.27. The summed E-state index contributed by atoms with van der Waals surface area (Å²) < 4.78 is 6.05. The average Bonchev–Trinajstić information content (AvgIpc) is 2.86. The number of ether oxygens (including phenoxy) is 1. The first kappa shape index (κ1) is 26.1. The smallest absolute Gasteiger partial charge is 0.337 e. The topological polar surface area (TPSA) is 122 Å². The summed E-state index contributed by atoms with van der Waals surface area (Å²) in [5.41, 5.74) is 2.29. The van der Waals surface area contributed by atoms with E-state index in [4.69, 9.17) is 4.74 Å². The van der Waals surface area contributed by atoms with E-state index in [1.165, 1.54) is 23.8 Å². The largest absolute Gasteiger partial charge is 0.478 e. The molecule has 2 aliphatic rings. The number of likely N-dealkylation sites (tertiary alicyclic amines) is 1. The van der Waals surface area contributed by atoms with Gasteiger partial charge in [-0.15, -0.1) is 0 Å². The van der Waals surface area contributed by atoms with Gasteiger partial charge in [-0.2, -0.15) is 0 Å². The van der Waals surface area contributed by atoms with E-state index in [-0.39, 0.29) is 29.0 Å². The number of benzene rings is 2. The van der Waals surface area contributed by atoms with E-state index >= 15 is 0 Å². The number of carboxylic acid groups (broad SMARTS) is 1. The number of carboxylic acids is 1. The van der Waals surface area contributed by atoms with E-state index < -0.39 is 22.8 Å². The van der Waals surface area contributed by atoms with Crippen molar-refractivity contribution in [1.82, 2.24) is 10.2 Å². The Hall–Kier alpha value is -3.98. The van der Waals surface area contributed by atoms with E-state index in [0.717, 1.165) is 19.5 Å². The molecule has 0 saturated carbocycles. The van der Waals surface area contributed by atoms with Crippen molar-refractivity contribution in [2.75, 3.05) is 6.54 Å². The van der Waals surface area contributed by atoms with E-state index in [9.17, 15) is 24.8 Å². The van der Waals surface area contributed by atoms with Crippen LogP contribution in [-0.4, -0.2) is 45.6 Å². The molecule has 1 fully saturated rings. The number of nitro benzene ring substituents is 1. The molecule has 0 bridgehead atoms. The van der Waals surface area contributed by atoms with Crippen molar-refractivity contribution in [2.24, 2.45) is 0 Å². The Bertz CT molecular complexity index is 1270. The number of hydrogen-bond donors (Lipinski definition) is 2. The monoisotopic (exact) mass is 505 g/mol. The normalized spacial score (nSPS) is 22.4. The van der Waals surface area contributed by atoms with Gasteiger partial charge in [0.2, 0.25) is 0 Å². The van der Waals surface area contributed by atoms with Crippen molar-refractivity contribution in [3.63, 3.8) is 0 Å². The summed E-state index contributed by atoms with van der Waals surface area (Å²) in [6.45, 7) is 6.96. The molecule has 3 atom stereocenters. The van der Waals surface area contributed by atoms with Crippen LogP contribution < -0.4 is 5.32 Å². The number of allylic oxidation sites excluding steroid dienone is 2. The van der Waals surface area contributed by atoms with Gasteiger partial charge in [0.15, 0.2) is 0 Å². The fourth-order valence-electron chi connectivity index (χ4n) is 5.27.